The second-order valence-electron chi connectivity index (χ2n) is 4.19. The third-order valence-corrected chi connectivity index (χ3v) is 3.69. The van der Waals surface area contributed by atoms with E-state index in [1.54, 1.807) is 6.20 Å². The van der Waals surface area contributed by atoms with Gasteiger partial charge in [-0.25, -0.2) is 9.37 Å². The second kappa shape index (κ2) is 5.91. The zero-order chi connectivity index (χ0) is 14.7. The van der Waals surface area contributed by atoms with Crippen LogP contribution >= 0.6 is 11.3 Å². The summed E-state index contributed by atoms with van der Waals surface area (Å²) in [6.45, 7) is 2.16. The van der Waals surface area contributed by atoms with Crippen molar-refractivity contribution in [2.75, 3.05) is 11.9 Å². The van der Waals surface area contributed by atoms with Crippen molar-refractivity contribution in [2.45, 2.75) is 12.8 Å². The number of rotatable bonds is 5. The van der Waals surface area contributed by atoms with Gasteiger partial charge in [-0.15, -0.1) is 11.3 Å². The minimum atomic E-state index is -1.19. The summed E-state index contributed by atoms with van der Waals surface area (Å²) in [7, 11) is 0. The van der Waals surface area contributed by atoms with Gasteiger partial charge in [-0.3, -0.25) is 10.1 Å². The Morgan fingerprint density at radius 3 is 2.85 bits per heavy atom. The molecule has 1 aromatic carbocycles. The fourth-order valence-corrected chi connectivity index (χ4v) is 2.41. The quantitative estimate of drug-likeness (QED) is 0.677. The van der Waals surface area contributed by atoms with Gasteiger partial charge in [-0.1, -0.05) is 6.92 Å². The third-order valence-electron chi connectivity index (χ3n) is 2.68. The fraction of sp³-hybridized carbons (Fsp3) is 0.250. The molecule has 1 heterocycles. The molecule has 8 heteroatoms. The van der Waals surface area contributed by atoms with Gasteiger partial charge >= 0.3 is 5.69 Å². The number of nitro benzene ring substituents is 1. The van der Waals surface area contributed by atoms with Crippen molar-refractivity contribution in [1.29, 1.82) is 0 Å². The summed E-state index contributed by atoms with van der Waals surface area (Å²) in [5.41, 5.74) is -0.923. The van der Waals surface area contributed by atoms with Crippen LogP contribution in [0.25, 0.3) is 0 Å². The topological polar surface area (TPSA) is 68.1 Å². The lowest BCUT2D eigenvalue weighted by atomic mass is 10.2. The van der Waals surface area contributed by atoms with Gasteiger partial charge in [0.2, 0.25) is 5.82 Å². The smallest absolute Gasteiger partial charge is 0.327 e. The summed E-state index contributed by atoms with van der Waals surface area (Å²) in [5, 5.41) is 16.2. The van der Waals surface area contributed by atoms with E-state index in [1.807, 2.05) is 12.3 Å². The average molecular weight is 299 g/mol. The Balaban J connectivity index is 2.19. The molecule has 0 saturated carbocycles. The van der Waals surface area contributed by atoms with Gasteiger partial charge < -0.3 is 5.32 Å². The highest BCUT2D eigenvalue weighted by Gasteiger charge is 2.22. The van der Waals surface area contributed by atoms with Crippen molar-refractivity contribution < 1.29 is 13.7 Å². The van der Waals surface area contributed by atoms with Gasteiger partial charge in [-0.05, 0) is 0 Å². The summed E-state index contributed by atoms with van der Waals surface area (Å²) in [6, 6.07) is 1.41. The molecule has 1 N–H and O–H groups in total. The molecule has 0 amide bonds. The van der Waals surface area contributed by atoms with E-state index >= 15 is 0 Å². The van der Waals surface area contributed by atoms with Gasteiger partial charge in [0.25, 0.3) is 0 Å². The SMILES string of the molecule is CC(CNc1cc(F)cc(F)c1[N+](=O)[O-])c1nccs1. The summed E-state index contributed by atoms with van der Waals surface area (Å²) in [5.74, 6) is -2.09. The molecule has 0 radical (unpaired) electrons. The van der Waals surface area contributed by atoms with E-state index in [9.17, 15) is 18.9 Å². The lowest BCUT2D eigenvalue weighted by molar-refractivity contribution is -0.386. The van der Waals surface area contributed by atoms with Gasteiger partial charge in [0.15, 0.2) is 0 Å². The fourth-order valence-electron chi connectivity index (χ4n) is 1.71. The number of nitrogens with one attached hydrogen (secondary N) is 1. The van der Waals surface area contributed by atoms with E-state index < -0.39 is 22.2 Å². The maximum Gasteiger partial charge on any atom is 0.327 e. The van der Waals surface area contributed by atoms with E-state index in [4.69, 9.17) is 0 Å². The molecule has 1 unspecified atom stereocenters. The first-order chi connectivity index (χ1) is 9.49. The van der Waals surface area contributed by atoms with Crippen molar-refractivity contribution in [1.82, 2.24) is 4.98 Å². The highest BCUT2D eigenvalue weighted by atomic mass is 32.1. The molecule has 0 saturated heterocycles. The Morgan fingerprint density at radius 2 is 2.25 bits per heavy atom. The van der Waals surface area contributed by atoms with Gasteiger partial charge in [0.1, 0.15) is 11.5 Å². The Bertz CT molecular complexity index is 619. The normalized spacial score (nSPS) is 12.2. The molecule has 5 nitrogen and oxygen atoms in total. The predicted molar refractivity (Wildman–Crippen MR) is 72.0 cm³/mol. The van der Waals surface area contributed by atoms with E-state index in [2.05, 4.69) is 10.3 Å². The number of thiazole rings is 1. The Labute approximate surface area is 117 Å². The summed E-state index contributed by atoms with van der Waals surface area (Å²) < 4.78 is 26.6. The van der Waals surface area contributed by atoms with E-state index in [1.165, 1.54) is 11.3 Å². The molecule has 106 valence electrons. The molecule has 2 rings (SSSR count). The molecule has 20 heavy (non-hydrogen) atoms. The van der Waals surface area contributed by atoms with Crippen LogP contribution in [0, 0.1) is 21.7 Å². The van der Waals surface area contributed by atoms with E-state index in [0.29, 0.717) is 6.07 Å². The standard InChI is InChI=1S/C12H11F2N3O2S/c1-7(12-15-2-3-20-12)6-16-10-5-8(13)4-9(14)11(10)17(18)19/h2-5,7,16H,6H2,1H3. The molecule has 0 aliphatic rings. The lowest BCUT2D eigenvalue weighted by Crippen LogP contribution is -2.11. The first-order valence-corrected chi connectivity index (χ1v) is 6.63. The number of benzene rings is 1. The van der Waals surface area contributed by atoms with Crippen LogP contribution in [0.1, 0.15) is 17.8 Å². The Morgan fingerprint density at radius 1 is 1.50 bits per heavy atom. The van der Waals surface area contributed by atoms with Gasteiger partial charge in [0, 0.05) is 36.2 Å². The predicted octanol–water partition coefficient (Wildman–Crippen LogP) is 3.55. The molecule has 1 aromatic heterocycles. The highest BCUT2D eigenvalue weighted by Crippen LogP contribution is 2.29. The molecule has 0 fully saturated rings. The van der Waals surface area contributed by atoms with Crippen molar-refractivity contribution in [3.8, 4) is 0 Å². The van der Waals surface area contributed by atoms with Crippen LogP contribution in [0.4, 0.5) is 20.2 Å². The molecular weight excluding hydrogens is 288 g/mol. The maximum atomic E-state index is 13.4. The first-order valence-electron chi connectivity index (χ1n) is 5.75. The van der Waals surface area contributed by atoms with E-state index in [-0.39, 0.29) is 18.2 Å². The summed E-state index contributed by atoms with van der Waals surface area (Å²) >= 11 is 1.45. The molecule has 1 atom stereocenters. The summed E-state index contributed by atoms with van der Waals surface area (Å²) in [6.07, 6.45) is 1.65. The molecule has 2 aromatic rings. The zero-order valence-corrected chi connectivity index (χ0v) is 11.3. The van der Waals surface area contributed by atoms with Crippen LogP contribution < -0.4 is 5.32 Å². The van der Waals surface area contributed by atoms with Crippen LogP contribution in [0.2, 0.25) is 0 Å². The van der Waals surface area contributed by atoms with Crippen LogP contribution in [-0.4, -0.2) is 16.5 Å². The lowest BCUT2D eigenvalue weighted by Gasteiger charge is -2.11. The molecular formula is C12H11F2N3O2S. The average Bonchev–Trinajstić information content (AvgIpc) is 2.88. The number of hydrogen-bond donors (Lipinski definition) is 1. The Hall–Kier alpha value is -2.09. The number of anilines is 1. The Kier molecular flexibility index (Phi) is 4.23. The van der Waals surface area contributed by atoms with Crippen molar-refractivity contribution in [3.05, 3.63) is 50.5 Å². The van der Waals surface area contributed by atoms with Crippen molar-refractivity contribution >= 4 is 22.7 Å². The number of nitrogens with zero attached hydrogens (tertiary/aromatic N) is 2. The third kappa shape index (κ3) is 3.08. The highest BCUT2D eigenvalue weighted by molar-refractivity contribution is 7.09. The monoisotopic (exact) mass is 299 g/mol. The zero-order valence-electron chi connectivity index (χ0n) is 10.5. The number of hydrogen-bond acceptors (Lipinski definition) is 5. The number of nitro groups is 1. The number of aromatic nitrogens is 1. The molecule has 0 bridgehead atoms. The van der Waals surface area contributed by atoms with Gasteiger partial charge in [-0.2, -0.15) is 4.39 Å². The van der Waals surface area contributed by atoms with Crippen molar-refractivity contribution in [3.63, 3.8) is 0 Å². The summed E-state index contributed by atoms with van der Waals surface area (Å²) in [4.78, 5) is 14.1. The number of halogens is 2. The largest absolute Gasteiger partial charge is 0.379 e. The molecule has 0 aliphatic heterocycles. The first kappa shape index (κ1) is 14.3. The van der Waals surface area contributed by atoms with Crippen LogP contribution in [0.15, 0.2) is 23.7 Å². The maximum absolute atomic E-state index is 13.4. The van der Waals surface area contributed by atoms with Crippen LogP contribution in [0.5, 0.6) is 0 Å². The second-order valence-corrected chi connectivity index (χ2v) is 5.12. The molecule has 0 aliphatic carbocycles. The minimum Gasteiger partial charge on any atom is -0.379 e. The van der Waals surface area contributed by atoms with Gasteiger partial charge in [0.05, 0.1) is 9.93 Å². The van der Waals surface area contributed by atoms with Crippen LogP contribution in [-0.2, 0) is 0 Å². The van der Waals surface area contributed by atoms with Crippen LogP contribution in [0.3, 0.4) is 0 Å². The molecule has 0 spiro atoms. The van der Waals surface area contributed by atoms with E-state index in [0.717, 1.165) is 11.1 Å². The van der Waals surface area contributed by atoms with Crippen molar-refractivity contribution in [2.24, 2.45) is 0 Å². The minimum absolute atomic E-state index is 0.0269.